The highest BCUT2D eigenvalue weighted by Crippen LogP contribution is 2.73. The number of rotatable bonds is 10. The molecule has 2 aliphatic heterocycles. The molecule has 1 N–H and O–H groups in total. The van der Waals surface area contributed by atoms with Gasteiger partial charge in [-0.05, 0) is 69.4 Å². The molecule has 3 heterocycles. The van der Waals surface area contributed by atoms with E-state index < -0.39 is 30.6 Å². The monoisotopic (exact) mass is 772 g/mol. The molecule has 0 bridgehead atoms. The normalized spacial score (nSPS) is 27.7. The lowest BCUT2D eigenvalue weighted by molar-refractivity contribution is -0.154. The summed E-state index contributed by atoms with van der Waals surface area (Å²) in [7, 11) is -2.04. The molecule has 1 amide bonds. The Morgan fingerprint density at radius 1 is 0.945 bits per heavy atom. The number of hydrogen-bond donors (Lipinski definition) is 1. The van der Waals surface area contributed by atoms with Crippen LogP contribution in [-0.2, 0) is 23.7 Å². The maximum Gasteiger partial charge on any atom is 0.306 e. The van der Waals surface area contributed by atoms with E-state index in [-0.39, 0.29) is 61.7 Å². The Bertz CT molecular complexity index is 1900. The van der Waals surface area contributed by atoms with Gasteiger partial charge in [-0.2, -0.15) is 0 Å². The number of nitrogens with zero attached hydrogens (tertiary/aromatic N) is 2. The highest BCUT2D eigenvalue weighted by atomic mass is 31.2. The van der Waals surface area contributed by atoms with E-state index in [4.69, 9.17) is 19.2 Å². The van der Waals surface area contributed by atoms with Crippen LogP contribution in [0.2, 0.25) is 0 Å². The maximum atomic E-state index is 14.8. The fourth-order valence-corrected chi connectivity index (χ4v) is 12.2. The van der Waals surface area contributed by atoms with Gasteiger partial charge < -0.3 is 24.0 Å². The van der Waals surface area contributed by atoms with Crippen molar-refractivity contribution in [3.05, 3.63) is 54.6 Å². The molecule has 2 aliphatic carbocycles. The van der Waals surface area contributed by atoms with E-state index in [0.29, 0.717) is 42.0 Å². The SMILES string of the molecule is CCCP(=O)(O)[C@]12CC(=O)[C@@H]3C[C@@H](Oc4cc(-c5ccccc5)nc5cc(OC)ccc45)CN3C(=O)[C@@H](CC(=O)OC3CCCC3)CCCCCCC[C@@H]1C2. The Balaban J connectivity index is 1.21. The van der Waals surface area contributed by atoms with Gasteiger partial charge in [0, 0.05) is 48.0 Å². The van der Waals surface area contributed by atoms with E-state index in [1.807, 2.05) is 61.5 Å². The van der Waals surface area contributed by atoms with Crippen LogP contribution in [0.1, 0.15) is 110 Å². The van der Waals surface area contributed by atoms with E-state index in [0.717, 1.165) is 75.2 Å². The lowest BCUT2D eigenvalue weighted by atomic mass is 9.94. The van der Waals surface area contributed by atoms with Gasteiger partial charge >= 0.3 is 5.97 Å². The van der Waals surface area contributed by atoms with Crippen LogP contribution in [0.3, 0.4) is 0 Å². The summed E-state index contributed by atoms with van der Waals surface area (Å²) in [5.74, 6) is -0.144. The molecule has 55 heavy (non-hydrogen) atoms. The first-order valence-electron chi connectivity index (χ1n) is 20.7. The third-order valence-electron chi connectivity index (χ3n) is 12.6. The molecule has 2 saturated heterocycles. The van der Waals surface area contributed by atoms with Crippen molar-refractivity contribution in [2.45, 2.75) is 133 Å². The second kappa shape index (κ2) is 17.2. The van der Waals surface area contributed by atoms with Crippen LogP contribution in [0, 0.1) is 11.8 Å². The standard InChI is InChI=1S/C44H57N2O8P/c1-3-22-55(50,51)44-27-32(44)17-11-6-4-5-8-16-31(23-42(48)54-33-18-12-13-19-33)43(49)46-29-35(25-39(46)40(47)28-44)53-41-26-37(30-14-9-7-10-15-30)45-38-24-34(52-2)20-21-36(38)41/h7,9-10,14-15,20-21,24,26,31-33,35,39H,3-6,8,11-13,16-19,22-23,25,27-29H2,1-2H3,(H,50,51)/t31-,32-,35-,39+,44-/m1/s1. The lowest BCUT2D eigenvalue weighted by Crippen LogP contribution is -2.45. The van der Waals surface area contributed by atoms with Crippen molar-refractivity contribution in [1.82, 2.24) is 9.88 Å². The molecule has 2 aromatic carbocycles. The minimum Gasteiger partial charge on any atom is -0.497 e. The number of Topliss-reactive ketones (excluding diaryl/α,β-unsaturated/α-hetero) is 1. The molecule has 6 atom stereocenters. The van der Waals surface area contributed by atoms with Crippen molar-refractivity contribution < 1.29 is 38.1 Å². The van der Waals surface area contributed by atoms with Gasteiger partial charge in [-0.25, -0.2) is 4.98 Å². The number of amides is 1. The smallest absolute Gasteiger partial charge is 0.306 e. The average molecular weight is 773 g/mol. The van der Waals surface area contributed by atoms with Crippen LogP contribution in [0.15, 0.2) is 54.6 Å². The van der Waals surface area contributed by atoms with E-state index in [2.05, 4.69) is 0 Å². The number of aromatic nitrogens is 1. The number of fused-ring (bicyclic) bond motifs is 3. The minimum absolute atomic E-state index is 0.0239. The third kappa shape index (κ3) is 8.81. The van der Waals surface area contributed by atoms with Crippen LogP contribution in [0.5, 0.6) is 11.5 Å². The zero-order valence-corrected chi connectivity index (χ0v) is 33.4. The molecule has 2 saturated carbocycles. The van der Waals surface area contributed by atoms with Gasteiger partial charge in [0.25, 0.3) is 0 Å². The van der Waals surface area contributed by atoms with Crippen molar-refractivity contribution >= 4 is 35.9 Å². The minimum atomic E-state index is -3.65. The fourth-order valence-electron chi connectivity index (χ4n) is 9.52. The van der Waals surface area contributed by atoms with Crippen LogP contribution < -0.4 is 9.47 Å². The number of ether oxygens (including phenoxy) is 3. The molecular weight excluding hydrogens is 715 g/mol. The summed E-state index contributed by atoms with van der Waals surface area (Å²) in [4.78, 5) is 60.8. The Labute approximate surface area is 325 Å². The number of carbonyl (C=O) groups excluding carboxylic acids is 3. The molecule has 10 nitrogen and oxygen atoms in total. The van der Waals surface area contributed by atoms with Crippen LogP contribution >= 0.6 is 7.37 Å². The third-order valence-corrected chi connectivity index (χ3v) is 15.8. The van der Waals surface area contributed by atoms with Crippen molar-refractivity contribution in [2.24, 2.45) is 11.8 Å². The van der Waals surface area contributed by atoms with Crippen LogP contribution in [-0.4, -0.2) is 75.7 Å². The number of pyridine rings is 1. The molecule has 0 spiro atoms. The molecule has 4 fully saturated rings. The Hall–Kier alpha value is -3.75. The van der Waals surface area contributed by atoms with Gasteiger partial charge in [0.2, 0.25) is 13.3 Å². The number of benzene rings is 2. The molecule has 1 aromatic heterocycles. The fraction of sp³-hybridized carbons (Fsp3) is 0.591. The molecular formula is C44H57N2O8P. The zero-order valence-electron chi connectivity index (χ0n) is 32.5. The van der Waals surface area contributed by atoms with Gasteiger partial charge in [0.15, 0.2) is 5.78 Å². The molecule has 7 rings (SSSR count). The van der Waals surface area contributed by atoms with Crippen LogP contribution in [0.25, 0.3) is 22.2 Å². The quantitative estimate of drug-likeness (QED) is 0.159. The van der Waals surface area contributed by atoms with Gasteiger partial charge in [-0.3, -0.25) is 18.9 Å². The first kappa shape index (κ1) is 39.5. The van der Waals surface area contributed by atoms with Gasteiger partial charge in [0.1, 0.15) is 23.7 Å². The topological polar surface area (TPSA) is 132 Å². The van der Waals surface area contributed by atoms with Gasteiger partial charge in [0.05, 0.1) is 42.5 Å². The van der Waals surface area contributed by atoms with Crippen molar-refractivity contribution in [3.63, 3.8) is 0 Å². The predicted molar refractivity (Wildman–Crippen MR) is 212 cm³/mol. The van der Waals surface area contributed by atoms with E-state index >= 15 is 0 Å². The first-order valence-corrected chi connectivity index (χ1v) is 22.5. The summed E-state index contributed by atoms with van der Waals surface area (Å²) < 4.78 is 32.2. The molecule has 1 unspecified atom stereocenters. The molecule has 11 heteroatoms. The number of carbonyl (C=O) groups is 3. The summed E-state index contributed by atoms with van der Waals surface area (Å²) in [6.45, 7) is 2.07. The summed E-state index contributed by atoms with van der Waals surface area (Å²) in [6.07, 6.45) is 10.7. The van der Waals surface area contributed by atoms with E-state index in [1.165, 1.54) is 0 Å². The number of ketones is 1. The maximum absolute atomic E-state index is 14.8. The largest absolute Gasteiger partial charge is 0.497 e. The number of esters is 1. The van der Waals surface area contributed by atoms with Gasteiger partial charge in [-0.15, -0.1) is 0 Å². The van der Waals surface area contributed by atoms with Crippen molar-refractivity contribution in [1.29, 1.82) is 0 Å². The second-order valence-electron chi connectivity index (χ2n) is 16.5. The summed E-state index contributed by atoms with van der Waals surface area (Å²) in [5, 5.41) is -0.167. The van der Waals surface area contributed by atoms with Crippen LogP contribution in [0.4, 0.5) is 0 Å². The lowest BCUT2D eigenvalue weighted by Gasteiger charge is -2.30. The van der Waals surface area contributed by atoms with Gasteiger partial charge in [-0.1, -0.05) is 69.4 Å². The summed E-state index contributed by atoms with van der Waals surface area (Å²) >= 11 is 0. The number of hydrogen-bond acceptors (Lipinski definition) is 8. The molecule has 0 radical (unpaired) electrons. The molecule has 296 valence electrons. The summed E-state index contributed by atoms with van der Waals surface area (Å²) in [6, 6.07) is 16.5. The average Bonchev–Trinajstić information content (AvgIpc) is 3.45. The zero-order chi connectivity index (χ0) is 38.6. The number of methoxy groups -OCH3 is 1. The predicted octanol–water partition coefficient (Wildman–Crippen LogP) is 8.89. The summed E-state index contributed by atoms with van der Waals surface area (Å²) in [5.41, 5.74) is 2.32. The Kier molecular flexibility index (Phi) is 12.3. The Morgan fingerprint density at radius 3 is 2.42 bits per heavy atom. The molecule has 3 aromatic rings. The molecule has 4 aliphatic rings. The second-order valence-corrected chi connectivity index (χ2v) is 19.2. The van der Waals surface area contributed by atoms with Crippen molar-refractivity contribution in [2.75, 3.05) is 19.8 Å². The first-order chi connectivity index (χ1) is 26.6. The highest BCUT2D eigenvalue weighted by Gasteiger charge is 2.65. The van der Waals surface area contributed by atoms with E-state index in [1.54, 1.807) is 12.0 Å². The van der Waals surface area contributed by atoms with E-state index in [9.17, 15) is 23.8 Å². The van der Waals surface area contributed by atoms with Crippen molar-refractivity contribution in [3.8, 4) is 22.8 Å². The highest BCUT2D eigenvalue weighted by molar-refractivity contribution is 7.60. The Morgan fingerprint density at radius 2 is 1.67 bits per heavy atom.